The second-order valence-corrected chi connectivity index (χ2v) is 9.05. The Bertz CT molecular complexity index is 1030. The van der Waals surface area contributed by atoms with Gasteiger partial charge in [0.05, 0.1) is 14.9 Å². The number of halogens is 2. The van der Waals surface area contributed by atoms with E-state index in [1.807, 2.05) is 0 Å². The molecule has 1 N–H and O–H groups in total. The lowest BCUT2D eigenvalue weighted by Gasteiger charge is -2.34. The third-order valence-corrected chi connectivity index (χ3v) is 6.72. The van der Waals surface area contributed by atoms with Crippen LogP contribution in [0.3, 0.4) is 0 Å². The number of piperazine rings is 1. The molecular weight excluding hydrogens is 437 g/mol. The summed E-state index contributed by atoms with van der Waals surface area (Å²) in [4.78, 5) is 27.4. The van der Waals surface area contributed by atoms with E-state index in [0.717, 1.165) is 0 Å². The predicted molar refractivity (Wildman–Crippen MR) is 112 cm³/mol. The number of rotatable bonds is 4. The highest BCUT2D eigenvalue weighted by Crippen LogP contribution is 2.26. The molecule has 0 atom stereocenters. The van der Waals surface area contributed by atoms with Crippen molar-refractivity contribution in [2.45, 2.75) is 11.8 Å². The molecule has 29 heavy (non-hydrogen) atoms. The van der Waals surface area contributed by atoms with Crippen LogP contribution < -0.4 is 4.72 Å². The molecule has 1 aliphatic rings. The maximum atomic E-state index is 12.6. The van der Waals surface area contributed by atoms with Crippen LogP contribution in [0.15, 0.2) is 47.4 Å². The molecule has 2 aromatic rings. The van der Waals surface area contributed by atoms with E-state index in [-0.39, 0.29) is 26.8 Å². The summed E-state index contributed by atoms with van der Waals surface area (Å²) < 4.78 is 27.4. The highest BCUT2D eigenvalue weighted by Gasteiger charge is 2.23. The molecule has 2 amide bonds. The molecule has 3 rings (SSSR count). The average molecular weight is 456 g/mol. The Hall–Kier alpha value is -2.29. The average Bonchev–Trinajstić information content (AvgIpc) is 2.70. The van der Waals surface area contributed by atoms with Gasteiger partial charge in [-0.3, -0.25) is 14.3 Å². The maximum absolute atomic E-state index is 12.6. The first-order valence-electron chi connectivity index (χ1n) is 8.80. The van der Waals surface area contributed by atoms with Crippen LogP contribution in [0.25, 0.3) is 0 Å². The molecule has 1 fully saturated rings. The highest BCUT2D eigenvalue weighted by atomic mass is 35.5. The van der Waals surface area contributed by atoms with Crippen LogP contribution in [0, 0.1) is 0 Å². The van der Waals surface area contributed by atoms with Crippen molar-refractivity contribution in [3.63, 3.8) is 0 Å². The topological polar surface area (TPSA) is 86.8 Å². The number of amides is 2. The number of nitrogens with zero attached hydrogens (tertiary/aromatic N) is 2. The van der Waals surface area contributed by atoms with Gasteiger partial charge >= 0.3 is 0 Å². The van der Waals surface area contributed by atoms with Gasteiger partial charge in [-0.1, -0.05) is 23.2 Å². The summed E-state index contributed by atoms with van der Waals surface area (Å²) >= 11 is 11.7. The zero-order valence-corrected chi connectivity index (χ0v) is 17.9. The zero-order valence-electron chi connectivity index (χ0n) is 15.6. The summed E-state index contributed by atoms with van der Waals surface area (Å²) in [7, 11) is -3.85. The molecule has 0 saturated carbocycles. The Morgan fingerprint density at radius 2 is 1.48 bits per heavy atom. The molecule has 0 aromatic heterocycles. The molecule has 0 bridgehead atoms. The Labute approximate surface area is 179 Å². The Morgan fingerprint density at radius 1 is 0.897 bits per heavy atom. The maximum Gasteiger partial charge on any atom is 0.261 e. The minimum atomic E-state index is -3.85. The number of anilines is 1. The van der Waals surface area contributed by atoms with Gasteiger partial charge in [-0.15, -0.1) is 0 Å². The van der Waals surface area contributed by atoms with Gasteiger partial charge in [0, 0.05) is 44.4 Å². The highest BCUT2D eigenvalue weighted by molar-refractivity contribution is 7.92. The first kappa shape index (κ1) is 21.4. The van der Waals surface area contributed by atoms with Gasteiger partial charge in [-0.2, -0.15) is 0 Å². The number of hydrogen-bond donors (Lipinski definition) is 1. The van der Waals surface area contributed by atoms with E-state index in [1.54, 1.807) is 21.9 Å². The minimum Gasteiger partial charge on any atom is -0.339 e. The van der Waals surface area contributed by atoms with Crippen LogP contribution >= 0.6 is 23.2 Å². The van der Waals surface area contributed by atoms with Gasteiger partial charge in [0.1, 0.15) is 0 Å². The van der Waals surface area contributed by atoms with E-state index in [9.17, 15) is 18.0 Å². The molecule has 0 radical (unpaired) electrons. The lowest BCUT2D eigenvalue weighted by atomic mass is 10.1. The summed E-state index contributed by atoms with van der Waals surface area (Å²) in [6.45, 7) is 3.44. The Kier molecular flexibility index (Phi) is 6.36. The number of carbonyl (C=O) groups is 2. The molecule has 2 aromatic carbocycles. The minimum absolute atomic E-state index is 0.00397. The molecule has 0 unspecified atom stereocenters. The number of hydrogen-bond acceptors (Lipinski definition) is 4. The van der Waals surface area contributed by atoms with Crippen LogP contribution in [-0.4, -0.2) is 56.2 Å². The Morgan fingerprint density at radius 3 is 2.03 bits per heavy atom. The monoisotopic (exact) mass is 455 g/mol. The number of nitrogens with one attached hydrogen (secondary N) is 1. The molecule has 154 valence electrons. The number of sulfonamides is 1. The van der Waals surface area contributed by atoms with Crippen molar-refractivity contribution in [2.75, 3.05) is 30.9 Å². The van der Waals surface area contributed by atoms with Crippen molar-refractivity contribution in [1.82, 2.24) is 9.80 Å². The van der Waals surface area contributed by atoms with Crippen molar-refractivity contribution in [1.29, 1.82) is 0 Å². The van der Waals surface area contributed by atoms with Gasteiger partial charge in [0.15, 0.2) is 0 Å². The third kappa shape index (κ3) is 5.01. The fourth-order valence-corrected chi connectivity index (χ4v) is 4.39. The van der Waals surface area contributed by atoms with Crippen molar-refractivity contribution in [2.24, 2.45) is 0 Å². The molecule has 0 aliphatic carbocycles. The largest absolute Gasteiger partial charge is 0.339 e. The standard InChI is InChI=1S/C19H19Cl2N3O4S/c1-13(25)23-8-10-24(11-9-23)19(26)14-2-4-15(5-3-14)22-29(27,28)16-6-7-17(20)18(21)12-16/h2-7,12,22H,8-11H2,1H3. The van der Waals surface area contributed by atoms with Crippen molar-refractivity contribution in [3.8, 4) is 0 Å². The van der Waals surface area contributed by atoms with Gasteiger partial charge in [0.2, 0.25) is 5.91 Å². The van der Waals surface area contributed by atoms with Crippen LogP contribution in [0.4, 0.5) is 5.69 Å². The van der Waals surface area contributed by atoms with Crippen molar-refractivity contribution < 1.29 is 18.0 Å². The van der Waals surface area contributed by atoms with Gasteiger partial charge in [-0.25, -0.2) is 8.42 Å². The van der Waals surface area contributed by atoms with E-state index >= 15 is 0 Å². The molecule has 7 nitrogen and oxygen atoms in total. The van der Waals surface area contributed by atoms with Crippen molar-refractivity contribution >= 4 is 50.7 Å². The van der Waals surface area contributed by atoms with Crippen LogP contribution in [0.1, 0.15) is 17.3 Å². The van der Waals surface area contributed by atoms with Crippen LogP contribution in [0.2, 0.25) is 10.0 Å². The summed E-state index contributed by atoms with van der Waals surface area (Å²) in [6.07, 6.45) is 0. The molecule has 1 saturated heterocycles. The lowest BCUT2D eigenvalue weighted by molar-refractivity contribution is -0.130. The summed E-state index contributed by atoms with van der Waals surface area (Å²) in [5.74, 6) is -0.164. The van der Waals surface area contributed by atoms with Crippen LogP contribution in [-0.2, 0) is 14.8 Å². The van der Waals surface area contributed by atoms with E-state index in [4.69, 9.17) is 23.2 Å². The predicted octanol–water partition coefficient (Wildman–Crippen LogP) is 3.10. The van der Waals surface area contributed by atoms with Gasteiger partial charge < -0.3 is 9.80 Å². The lowest BCUT2D eigenvalue weighted by Crippen LogP contribution is -2.50. The number of benzene rings is 2. The molecule has 1 aliphatic heterocycles. The second-order valence-electron chi connectivity index (χ2n) is 6.56. The molecule has 1 heterocycles. The summed E-state index contributed by atoms with van der Waals surface area (Å²) in [5.41, 5.74) is 0.757. The smallest absolute Gasteiger partial charge is 0.261 e. The fourth-order valence-electron chi connectivity index (χ4n) is 2.95. The molecular formula is C19H19Cl2N3O4S. The quantitative estimate of drug-likeness (QED) is 0.766. The van der Waals surface area contributed by atoms with E-state index in [1.165, 1.54) is 37.3 Å². The van der Waals surface area contributed by atoms with Crippen LogP contribution in [0.5, 0.6) is 0 Å². The zero-order chi connectivity index (χ0) is 21.2. The Balaban J connectivity index is 1.67. The van der Waals surface area contributed by atoms with Gasteiger partial charge in [0.25, 0.3) is 15.9 Å². The first-order chi connectivity index (χ1) is 13.7. The summed E-state index contributed by atoms with van der Waals surface area (Å²) in [5, 5.41) is 0.401. The molecule has 10 heteroatoms. The van der Waals surface area contributed by atoms with Crippen molar-refractivity contribution in [3.05, 3.63) is 58.1 Å². The first-order valence-corrected chi connectivity index (χ1v) is 11.0. The summed E-state index contributed by atoms with van der Waals surface area (Å²) in [6, 6.07) is 10.2. The SMILES string of the molecule is CC(=O)N1CCN(C(=O)c2ccc(NS(=O)(=O)c3ccc(Cl)c(Cl)c3)cc2)CC1. The van der Waals surface area contributed by atoms with E-state index < -0.39 is 10.0 Å². The normalized spacial score (nSPS) is 14.6. The second kappa shape index (κ2) is 8.61. The van der Waals surface area contributed by atoms with E-state index in [2.05, 4.69) is 4.72 Å². The molecule has 0 spiro atoms. The van der Waals surface area contributed by atoms with E-state index in [0.29, 0.717) is 37.4 Å². The fraction of sp³-hybridized carbons (Fsp3) is 0.263. The third-order valence-electron chi connectivity index (χ3n) is 4.60. The number of carbonyl (C=O) groups excluding carboxylic acids is 2. The van der Waals surface area contributed by atoms with Gasteiger partial charge in [-0.05, 0) is 42.5 Å².